The van der Waals surface area contributed by atoms with Gasteiger partial charge in [0.25, 0.3) is 5.56 Å². The van der Waals surface area contributed by atoms with Crippen molar-refractivity contribution in [3.05, 3.63) is 45.1 Å². The molecule has 0 radical (unpaired) electrons. The fourth-order valence-corrected chi connectivity index (χ4v) is 4.52. The minimum absolute atomic E-state index is 0.210. The normalized spacial score (nSPS) is 15.3. The molecule has 1 saturated carbocycles. The molecule has 0 unspecified atom stereocenters. The molecule has 1 amide bonds. The number of ether oxygens (including phenoxy) is 1. The molecule has 1 aliphatic carbocycles. The topological polar surface area (TPSA) is 79.7 Å². The first-order valence-corrected chi connectivity index (χ1v) is 11.5. The standard InChI is InChI=1S/C24H32N4O3/c1-3-4-13-27(19-8-5-6-9-19)22(29)10-7-14-31-20-12-11-18-16-28-17(2)23(30)26-24(28)25-21(18)15-20/h11-12,15,19H,2-10,13-14,16H2,1H3,(H,25,26,30). The predicted molar refractivity (Wildman–Crippen MR) is 120 cm³/mol. The van der Waals surface area contributed by atoms with Gasteiger partial charge in [-0.3, -0.25) is 14.6 Å². The number of fused-ring (bicyclic) bond motifs is 2. The van der Waals surface area contributed by atoms with Crippen molar-refractivity contribution in [2.24, 2.45) is 4.99 Å². The van der Waals surface area contributed by atoms with Crippen LogP contribution >= 0.6 is 0 Å². The number of aromatic amines is 1. The lowest BCUT2D eigenvalue weighted by atomic mass is 10.1. The van der Waals surface area contributed by atoms with Crippen molar-refractivity contribution in [3.8, 4) is 5.75 Å². The molecule has 0 spiro atoms. The smallest absolute Gasteiger partial charge is 0.274 e. The number of nitrogens with one attached hydrogen (secondary N) is 1. The van der Waals surface area contributed by atoms with Crippen LogP contribution in [0.25, 0.3) is 6.58 Å². The van der Waals surface area contributed by atoms with Gasteiger partial charge in [0.05, 0.1) is 18.8 Å². The molecule has 0 saturated heterocycles. The number of amides is 1. The third kappa shape index (κ3) is 4.75. The van der Waals surface area contributed by atoms with E-state index in [1.807, 2.05) is 18.2 Å². The lowest BCUT2D eigenvalue weighted by molar-refractivity contribution is -0.133. The first-order valence-electron chi connectivity index (χ1n) is 11.5. The minimum atomic E-state index is -0.210. The third-order valence-electron chi connectivity index (χ3n) is 6.32. The second kappa shape index (κ2) is 9.54. The van der Waals surface area contributed by atoms with Gasteiger partial charge in [0, 0.05) is 25.1 Å². The number of carbonyl (C=O) groups is 1. The molecule has 2 heterocycles. The summed E-state index contributed by atoms with van der Waals surface area (Å²) in [5, 5.41) is 0.417. The molecule has 1 aliphatic heterocycles. The molecule has 7 nitrogen and oxygen atoms in total. The monoisotopic (exact) mass is 424 g/mol. The number of carbonyl (C=O) groups excluding carboxylic acids is 1. The van der Waals surface area contributed by atoms with Crippen molar-refractivity contribution in [2.45, 2.75) is 70.9 Å². The SMILES string of the molecule is C=c1c(=O)[nH]c2n1Cc1ccc(OCCCC(=O)N(CCCC)C3CCCC3)cc1N=2. The summed E-state index contributed by atoms with van der Waals surface area (Å²) in [5.41, 5.74) is 2.12. The Morgan fingerprint density at radius 3 is 2.90 bits per heavy atom. The molecule has 166 valence electrons. The van der Waals surface area contributed by atoms with Gasteiger partial charge in [-0.05, 0) is 37.3 Å². The van der Waals surface area contributed by atoms with Crippen LogP contribution in [-0.2, 0) is 11.3 Å². The molecule has 0 bridgehead atoms. The molecule has 31 heavy (non-hydrogen) atoms. The summed E-state index contributed by atoms with van der Waals surface area (Å²) in [6.07, 6.45) is 8.17. The Labute approximate surface area is 182 Å². The predicted octanol–water partition coefficient (Wildman–Crippen LogP) is 2.63. The van der Waals surface area contributed by atoms with Crippen LogP contribution < -0.4 is 21.3 Å². The van der Waals surface area contributed by atoms with E-state index in [4.69, 9.17) is 4.74 Å². The van der Waals surface area contributed by atoms with Crippen molar-refractivity contribution < 1.29 is 9.53 Å². The fraction of sp³-hybridized carbons (Fsp3) is 0.542. The quantitative estimate of drug-likeness (QED) is 0.536. The summed E-state index contributed by atoms with van der Waals surface area (Å²) in [4.78, 5) is 34.0. The van der Waals surface area contributed by atoms with Crippen molar-refractivity contribution >= 4 is 18.2 Å². The molecule has 1 aromatic heterocycles. The van der Waals surface area contributed by atoms with Crippen LogP contribution in [-0.4, -0.2) is 39.6 Å². The van der Waals surface area contributed by atoms with Gasteiger partial charge in [0.2, 0.25) is 11.5 Å². The van der Waals surface area contributed by atoms with Crippen molar-refractivity contribution in [1.82, 2.24) is 14.5 Å². The summed E-state index contributed by atoms with van der Waals surface area (Å²) in [6, 6.07) is 6.22. The highest BCUT2D eigenvalue weighted by Crippen LogP contribution is 2.27. The fourth-order valence-electron chi connectivity index (χ4n) is 4.52. The van der Waals surface area contributed by atoms with E-state index in [2.05, 4.69) is 28.4 Å². The number of hydrogen-bond acceptors (Lipinski definition) is 4. The van der Waals surface area contributed by atoms with Crippen molar-refractivity contribution in [3.63, 3.8) is 0 Å². The molecular weight excluding hydrogens is 392 g/mol. The number of imidazole rings is 1. The molecule has 2 aliphatic rings. The van der Waals surface area contributed by atoms with Gasteiger partial charge >= 0.3 is 0 Å². The molecule has 2 aromatic rings. The van der Waals surface area contributed by atoms with E-state index < -0.39 is 0 Å². The number of H-pyrrole nitrogens is 1. The molecular formula is C24H32N4O3. The van der Waals surface area contributed by atoms with Crippen molar-refractivity contribution in [1.29, 1.82) is 0 Å². The van der Waals surface area contributed by atoms with E-state index in [1.165, 1.54) is 12.8 Å². The Bertz CT molecular complexity index is 1100. The molecule has 4 rings (SSSR count). The lowest BCUT2D eigenvalue weighted by Crippen LogP contribution is -2.39. The average molecular weight is 425 g/mol. The molecule has 1 N–H and O–H groups in total. The van der Waals surface area contributed by atoms with Crippen LogP contribution in [0, 0.1) is 0 Å². The lowest BCUT2D eigenvalue weighted by Gasteiger charge is -2.29. The maximum atomic E-state index is 12.8. The van der Waals surface area contributed by atoms with Gasteiger partial charge in [-0.15, -0.1) is 0 Å². The molecule has 1 aromatic carbocycles. The highest BCUT2D eigenvalue weighted by Gasteiger charge is 2.25. The summed E-state index contributed by atoms with van der Waals surface area (Å²) in [7, 11) is 0. The summed E-state index contributed by atoms with van der Waals surface area (Å²) < 4.78 is 7.69. The van der Waals surface area contributed by atoms with E-state index >= 15 is 0 Å². The first-order chi connectivity index (χ1) is 15.1. The zero-order chi connectivity index (χ0) is 21.8. The van der Waals surface area contributed by atoms with E-state index in [1.54, 1.807) is 4.57 Å². The van der Waals surface area contributed by atoms with Crippen LogP contribution in [0.3, 0.4) is 0 Å². The highest BCUT2D eigenvalue weighted by atomic mass is 16.5. The Morgan fingerprint density at radius 2 is 2.13 bits per heavy atom. The second-order valence-corrected chi connectivity index (χ2v) is 8.54. The largest absolute Gasteiger partial charge is 0.494 e. The molecule has 7 heteroatoms. The van der Waals surface area contributed by atoms with Crippen molar-refractivity contribution in [2.75, 3.05) is 13.2 Å². The highest BCUT2D eigenvalue weighted by molar-refractivity contribution is 5.76. The van der Waals surface area contributed by atoms with E-state index in [-0.39, 0.29) is 11.5 Å². The molecule has 1 fully saturated rings. The van der Waals surface area contributed by atoms with Crippen LogP contribution in [0.4, 0.5) is 5.69 Å². The van der Waals surface area contributed by atoms with Gasteiger partial charge in [-0.25, -0.2) is 4.99 Å². The number of rotatable bonds is 9. The maximum absolute atomic E-state index is 12.8. The van der Waals surface area contributed by atoms with Gasteiger partial charge in [-0.1, -0.05) is 38.8 Å². The van der Waals surface area contributed by atoms with E-state index in [0.717, 1.165) is 49.2 Å². The first kappa shape index (κ1) is 21.4. The van der Waals surface area contributed by atoms with E-state index in [9.17, 15) is 9.59 Å². The number of hydrogen-bond donors (Lipinski definition) is 1. The summed E-state index contributed by atoms with van der Waals surface area (Å²) in [5.74, 6) is 0.990. The van der Waals surface area contributed by atoms with Crippen LogP contribution in [0.5, 0.6) is 5.75 Å². The van der Waals surface area contributed by atoms with Crippen LogP contribution in [0.15, 0.2) is 28.0 Å². The molecule has 0 atom stereocenters. The Balaban J connectivity index is 1.32. The van der Waals surface area contributed by atoms with Crippen LogP contribution in [0.1, 0.15) is 63.9 Å². The summed E-state index contributed by atoms with van der Waals surface area (Å²) >= 11 is 0. The van der Waals surface area contributed by atoms with Gasteiger partial charge in [0.15, 0.2) is 0 Å². The van der Waals surface area contributed by atoms with Gasteiger partial charge in [-0.2, -0.15) is 0 Å². The zero-order valence-electron chi connectivity index (χ0n) is 18.4. The van der Waals surface area contributed by atoms with E-state index in [0.29, 0.717) is 43.0 Å². The second-order valence-electron chi connectivity index (χ2n) is 8.54. The van der Waals surface area contributed by atoms with Crippen LogP contribution in [0.2, 0.25) is 0 Å². The number of unbranched alkanes of at least 4 members (excludes halogenated alkanes) is 1. The number of nitrogens with zero attached hydrogens (tertiary/aromatic N) is 3. The minimum Gasteiger partial charge on any atom is -0.494 e. The summed E-state index contributed by atoms with van der Waals surface area (Å²) in [6.45, 7) is 7.91. The van der Waals surface area contributed by atoms with Gasteiger partial charge < -0.3 is 14.2 Å². The number of benzene rings is 1. The Kier molecular flexibility index (Phi) is 6.59. The van der Waals surface area contributed by atoms with Gasteiger partial charge in [0.1, 0.15) is 11.1 Å². The third-order valence-corrected chi connectivity index (χ3v) is 6.32. The average Bonchev–Trinajstić information content (AvgIpc) is 3.39. The number of aromatic nitrogens is 2. The Hall–Kier alpha value is -2.83. The Morgan fingerprint density at radius 1 is 1.32 bits per heavy atom. The zero-order valence-corrected chi connectivity index (χ0v) is 18.4. The maximum Gasteiger partial charge on any atom is 0.274 e.